The quantitative estimate of drug-likeness (QED) is 0.544. The average molecular weight is 414 g/mol. The number of ether oxygens (including phenoxy) is 1. The third-order valence-electron chi connectivity index (χ3n) is 4.59. The van der Waals surface area contributed by atoms with Crippen molar-refractivity contribution in [1.29, 1.82) is 0 Å². The summed E-state index contributed by atoms with van der Waals surface area (Å²) in [7, 11) is 5.53. The average Bonchev–Trinajstić information content (AvgIpc) is 3.40. The largest absolute Gasteiger partial charge is 0.496 e. The topological polar surface area (TPSA) is 72.3 Å². The molecule has 154 valence electrons. The summed E-state index contributed by atoms with van der Waals surface area (Å²) in [4.78, 5) is 23.5. The fourth-order valence-electron chi connectivity index (χ4n) is 3.05. The molecule has 1 amide bonds. The molecule has 0 fully saturated rings. The number of nitrogens with zero attached hydrogens (tertiary/aromatic N) is 4. The highest BCUT2D eigenvalue weighted by Crippen LogP contribution is 2.33. The van der Waals surface area contributed by atoms with Crippen molar-refractivity contribution in [2.45, 2.75) is 26.3 Å². The molecule has 0 saturated heterocycles. The fraction of sp³-hybridized carbons (Fsp3) is 0.381. The molecule has 29 heavy (non-hydrogen) atoms. The minimum atomic E-state index is -0.0988. The van der Waals surface area contributed by atoms with E-state index in [4.69, 9.17) is 4.74 Å². The number of carbonyl (C=O) groups is 1. The summed E-state index contributed by atoms with van der Waals surface area (Å²) in [6.07, 6.45) is 5.54. The lowest BCUT2D eigenvalue weighted by molar-refractivity contribution is 0.0952. The molecule has 7 nitrogen and oxygen atoms in total. The van der Waals surface area contributed by atoms with E-state index in [0.29, 0.717) is 17.9 Å². The lowest BCUT2D eigenvalue weighted by Gasteiger charge is -2.11. The molecule has 1 aromatic carbocycles. The molecule has 3 rings (SSSR count). The number of aryl methyl sites for hydroxylation is 2. The van der Waals surface area contributed by atoms with Gasteiger partial charge in [0.05, 0.1) is 12.8 Å². The van der Waals surface area contributed by atoms with Crippen LogP contribution in [0, 0.1) is 0 Å². The number of hydrogen-bond acceptors (Lipinski definition) is 6. The molecule has 0 unspecified atom stereocenters. The Labute approximate surface area is 175 Å². The Hall–Kier alpha value is -2.87. The van der Waals surface area contributed by atoms with Gasteiger partial charge in [-0.15, -0.1) is 11.3 Å². The number of nitrogens with one attached hydrogen (secondary N) is 1. The van der Waals surface area contributed by atoms with Gasteiger partial charge in [0.15, 0.2) is 5.13 Å². The van der Waals surface area contributed by atoms with Crippen LogP contribution in [0.3, 0.4) is 0 Å². The number of aromatic nitrogens is 3. The molecule has 3 aromatic rings. The Morgan fingerprint density at radius 1 is 1.34 bits per heavy atom. The number of thiazole rings is 1. The Balaban J connectivity index is 1.65. The fourth-order valence-corrected chi connectivity index (χ4v) is 3.81. The molecule has 0 spiro atoms. The van der Waals surface area contributed by atoms with E-state index >= 15 is 0 Å². The first-order chi connectivity index (χ1) is 14.0. The molecular formula is C21H27N5O2S. The van der Waals surface area contributed by atoms with E-state index in [-0.39, 0.29) is 5.91 Å². The first-order valence-electron chi connectivity index (χ1n) is 9.63. The maximum atomic E-state index is 12.6. The summed E-state index contributed by atoms with van der Waals surface area (Å²) >= 11 is 1.56. The third-order valence-corrected chi connectivity index (χ3v) is 5.60. The maximum Gasteiger partial charge on any atom is 0.251 e. The number of anilines is 1. The van der Waals surface area contributed by atoms with Crippen molar-refractivity contribution >= 4 is 22.4 Å². The Kier molecular flexibility index (Phi) is 6.87. The van der Waals surface area contributed by atoms with E-state index in [0.717, 1.165) is 41.6 Å². The van der Waals surface area contributed by atoms with Crippen LogP contribution < -0.4 is 15.0 Å². The Morgan fingerprint density at radius 2 is 2.17 bits per heavy atom. The second kappa shape index (κ2) is 9.56. The van der Waals surface area contributed by atoms with Crippen LogP contribution in [0.25, 0.3) is 11.3 Å². The van der Waals surface area contributed by atoms with Crippen molar-refractivity contribution in [2.24, 2.45) is 0 Å². The van der Waals surface area contributed by atoms with Crippen LogP contribution in [0.4, 0.5) is 5.13 Å². The summed E-state index contributed by atoms with van der Waals surface area (Å²) in [5.41, 5.74) is 2.21. The number of amides is 1. The SMILES string of the molecule is CCc1nccn1CCCNC(=O)c1ccc(OC)c(-c2csc(N(C)C)n2)c1. The van der Waals surface area contributed by atoms with Crippen molar-refractivity contribution in [3.8, 4) is 17.0 Å². The van der Waals surface area contributed by atoms with Crippen molar-refractivity contribution in [3.63, 3.8) is 0 Å². The lowest BCUT2D eigenvalue weighted by Crippen LogP contribution is -2.25. The number of imidazole rings is 1. The molecule has 0 bridgehead atoms. The van der Waals surface area contributed by atoms with Gasteiger partial charge in [-0.2, -0.15) is 0 Å². The number of hydrogen-bond donors (Lipinski definition) is 1. The van der Waals surface area contributed by atoms with Crippen molar-refractivity contribution < 1.29 is 9.53 Å². The van der Waals surface area contributed by atoms with Gasteiger partial charge in [0.25, 0.3) is 5.91 Å². The van der Waals surface area contributed by atoms with Gasteiger partial charge >= 0.3 is 0 Å². The molecule has 0 aliphatic carbocycles. The van der Waals surface area contributed by atoms with Crippen LogP contribution in [-0.2, 0) is 13.0 Å². The lowest BCUT2D eigenvalue weighted by atomic mass is 10.1. The zero-order chi connectivity index (χ0) is 20.8. The molecule has 1 N–H and O–H groups in total. The molecular weight excluding hydrogens is 386 g/mol. The molecule has 2 heterocycles. The number of carbonyl (C=O) groups excluding carboxylic acids is 1. The summed E-state index contributed by atoms with van der Waals surface area (Å²) in [6, 6.07) is 5.44. The van der Waals surface area contributed by atoms with Crippen molar-refractivity contribution in [2.75, 3.05) is 32.6 Å². The van der Waals surface area contributed by atoms with Crippen LogP contribution in [0.15, 0.2) is 36.0 Å². The van der Waals surface area contributed by atoms with E-state index in [1.165, 1.54) is 0 Å². The van der Waals surface area contributed by atoms with Gasteiger partial charge in [-0.1, -0.05) is 6.92 Å². The van der Waals surface area contributed by atoms with Gasteiger partial charge in [0.2, 0.25) is 0 Å². The van der Waals surface area contributed by atoms with Gasteiger partial charge in [-0.3, -0.25) is 4.79 Å². The van der Waals surface area contributed by atoms with E-state index in [2.05, 4.69) is 26.8 Å². The van der Waals surface area contributed by atoms with Gasteiger partial charge in [0.1, 0.15) is 11.6 Å². The minimum absolute atomic E-state index is 0.0988. The van der Waals surface area contributed by atoms with E-state index in [9.17, 15) is 4.79 Å². The third kappa shape index (κ3) is 4.95. The molecule has 0 radical (unpaired) electrons. The normalized spacial score (nSPS) is 10.8. The van der Waals surface area contributed by atoms with E-state index < -0.39 is 0 Å². The van der Waals surface area contributed by atoms with Gasteiger partial charge in [-0.05, 0) is 24.6 Å². The maximum absolute atomic E-state index is 12.6. The Bertz CT molecular complexity index is 964. The van der Waals surface area contributed by atoms with Gasteiger partial charge in [-0.25, -0.2) is 9.97 Å². The second-order valence-corrected chi connectivity index (χ2v) is 7.66. The molecule has 0 atom stereocenters. The predicted octanol–water partition coefficient (Wildman–Crippen LogP) is 3.46. The summed E-state index contributed by atoms with van der Waals surface area (Å²) in [5.74, 6) is 1.67. The van der Waals surface area contributed by atoms with Crippen molar-refractivity contribution in [3.05, 3.63) is 47.4 Å². The molecule has 0 aliphatic rings. The number of benzene rings is 1. The predicted molar refractivity (Wildman–Crippen MR) is 117 cm³/mol. The zero-order valence-electron chi connectivity index (χ0n) is 17.3. The van der Waals surface area contributed by atoms with Gasteiger partial charge < -0.3 is 19.5 Å². The van der Waals surface area contributed by atoms with Crippen LogP contribution in [-0.4, -0.2) is 48.2 Å². The first kappa shape index (κ1) is 20.9. The highest BCUT2D eigenvalue weighted by atomic mass is 32.1. The first-order valence-corrected chi connectivity index (χ1v) is 10.5. The smallest absolute Gasteiger partial charge is 0.251 e. The molecule has 2 aromatic heterocycles. The van der Waals surface area contributed by atoms with E-state index in [1.54, 1.807) is 24.5 Å². The minimum Gasteiger partial charge on any atom is -0.496 e. The number of methoxy groups -OCH3 is 1. The molecule has 0 aliphatic heterocycles. The van der Waals surface area contributed by atoms with Gasteiger partial charge in [0, 0.05) is 62.5 Å². The van der Waals surface area contributed by atoms with E-state index in [1.807, 2.05) is 48.9 Å². The highest BCUT2D eigenvalue weighted by Gasteiger charge is 2.15. The van der Waals surface area contributed by atoms with Crippen LogP contribution in [0.5, 0.6) is 5.75 Å². The zero-order valence-corrected chi connectivity index (χ0v) is 18.1. The van der Waals surface area contributed by atoms with Crippen LogP contribution >= 0.6 is 11.3 Å². The van der Waals surface area contributed by atoms with Crippen LogP contribution in [0.1, 0.15) is 29.5 Å². The standard InChI is InChI=1S/C21H27N5O2S/c1-5-19-22-10-12-26(19)11-6-9-23-20(27)15-7-8-18(28-4)16(13-15)17-14-29-21(24-17)25(2)3/h7-8,10,12-14H,5-6,9,11H2,1-4H3,(H,23,27). The highest BCUT2D eigenvalue weighted by molar-refractivity contribution is 7.14. The Morgan fingerprint density at radius 3 is 2.86 bits per heavy atom. The van der Waals surface area contributed by atoms with Crippen molar-refractivity contribution in [1.82, 2.24) is 19.9 Å². The number of rotatable bonds is 9. The summed E-state index contributed by atoms with van der Waals surface area (Å²) in [6.45, 7) is 3.53. The molecule has 8 heteroatoms. The second-order valence-electron chi connectivity index (χ2n) is 6.82. The summed E-state index contributed by atoms with van der Waals surface area (Å²) in [5, 5.41) is 5.88. The van der Waals surface area contributed by atoms with Crippen LogP contribution in [0.2, 0.25) is 0 Å². The summed E-state index contributed by atoms with van der Waals surface area (Å²) < 4.78 is 7.60. The monoisotopic (exact) mass is 413 g/mol. The molecule has 0 saturated carbocycles.